The van der Waals surface area contributed by atoms with E-state index in [4.69, 9.17) is 28.4 Å². The standard InChI is InChI=1S/C56H74F2N8O13S2/c1-34(65(11)53(71)79-55(5,6)7)50(68)64-49(54(2,3)4)52(70)66-31-36(28-43(66)51(69)63-48-38(57)13-12-14-39(48)58)62-47(67)32-77-24-23-75-20-19-74-21-22-76-25-26-78-44-30-41-37(29-46(44)81(72,73)56(8,9)10)40(17-18-59-41)61-35-15-16-45-42(27-35)60-33-80-45/h12-18,27,29-30,33-34,36,43,49H,19-26,28,31-32H2,1-11H3,(H,59,61)(H,62,67)(H,63,69)(H,64,68)/t34-,36+,43-,49+/m0/s1. The van der Waals surface area contributed by atoms with Gasteiger partial charge in [-0.25, -0.2) is 27.0 Å². The highest BCUT2D eigenvalue weighted by atomic mass is 32.2. The molecule has 0 saturated carbocycles. The minimum absolute atomic E-state index is 0.0346. The van der Waals surface area contributed by atoms with Gasteiger partial charge < -0.3 is 54.6 Å². The molecule has 6 rings (SSSR count). The van der Waals surface area contributed by atoms with E-state index in [-0.39, 0.29) is 76.5 Å². The lowest BCUT2D eigenvalue weighted by Gasteiger charge is -2.36. The number of amides is 5. The van der Waals surface area contributed by atoms with Crippen LogP contribution in [0.25, 0.3) is 21.1 Å². The molecule has 0 aliphatic carbocycles. The van der Waals surface area contributed by atoms with Crippen LogP contribution in [0.5, 0.6) is 5.75 Å². The molecule has 0 spiro atoms. The molecule has 1 saturated heterocycles. The molecule has 1 fully saturated rings. The summed E-state index contributed by atoms with van der Waals surface area (Å²) >= 11 is 1.54. The number of thiazole rings is 1. The second kappa shape index (κ2) is 27.4. The van der Waals surface area contributed by atoms with Crippen molar-refractivity contribution in [1.29, 1.82) is 0 Å². The summed E-state index contributed by atoms with van der Waals surface area (Å²) in [5, 5.41) is 11.7. The number of benzene rings is 3. The van der Waals surface area contributed by atoms with Gasteiger partial charge in [0.15, 0.2) is 9.84 Å². The molecule has 0 unspecified atom stereocenters. The highest BCUT2D eigenvalue weighted by Gasteiger charge is 2.46. The van der Waals surface area contributed by atoms with Crippen molar-refractivity contribution in [2.45, 2.75) is 115 Å². The smallest absolute Gasteiger partial charge is 0.410 e. The van der Waals surface area contributed by atoms with Crippen molar-refractivity contribution in [3.63, 3.8) is 0 Å². The number of hydrogen-bond acceptors (Lipinski definition) is 17. The number of aromatic nitrogens is 2. The third kappa shape index (κ3) is 17.2. The molecule has 25 heteroatoms. The number of likely N-dealkylation sites (tertiary alicyclic amines) is 1. The van der Waals surface area contributed by atoms with E-state index in [2.05, 4.69) is 31.2 Å². The number of ether oxygens (including phenoxy) is 6. The number of para-hydroxylation sites is 1. The Kier molecular flexibility index (Phi) is 21.5. The summed E-state index contributed by atoms with van der Waals surface area (Å²) in [6.45, 7) is 17.1. The van der Waals surface area contributed by atoms with Crippen LogP contribution in [0.1, 0.15) is 75.7 Å². The number of carbonyl (C=O) groups excluding carboxylic acids is 5. The van der Waals surface area contributed by atoms with Crippen molar-refractivity contribution in [3.05, 3.63) is 77.9 Å². The average Bonchev–Trinajstić information content (AvgIpc) is 4.20. The van der Waals surface area contributed by atoms with Gasteiger partial charge in [-0.1, -0.05) is 26.8 Å². The molecule has 81 heavy (non-hydrogen) atoms. The second-order valence-electron chi connectivity index (χ2n) is 22.4. The van der Waals surface area contributed by atoms with E-state index in [9.17, 15) is 41.2 Å². The van der Waals surface area contributed by atoms with E-state index in [1.54, 1.807) is 104 Å². The first-order valence-corrected chi connectivity index (χ1v) is 28.7. The number of carbonyl (C=O) groups is 5. The Morgan fingerprint density at radius 1 is 0.815 bits per heavy atom. The number of sulfone groups is 1. The van der Waals surface area contributed by atoms with Gasteiger partial charge in [0.05, 0.1) is 72.2 Å². The normalized spacial score (nSPS) is 15.7. The molecular formula is C56H74F2N8O13S2. The Labute approximate surface area is 475 Å². The van der Waals surface area contributed by atoms with Crippen LogP contribution in [-0.4, -0.2) is 165 Å². The zero-order valence-corrected chi connectivity index (χ0v) is 49.2. The van der Waals surface area contributed by atoms with Gasteiger partial charge in [-0.3, -0.25) is 29.1 Å². The predicted molar refractivity (Wildman–Crippen MR) is 302 cm³/mol. The monoisotopic (exact) mass is 1170 g/mol. The lowest BCUT2D eigenvalue weighted by Crippen LogP contribution is -2.60. The Morgan fingerprint density at radius 2 is 1.44 bits per heavy atom. The number of hydrogen-bond donors (Lipinski definition) is 4. The molecule has 0 radical (unpaired) electrons. The van der Waals surface area contributed by atoms with Crippen molar-refractivity contribution >= 4 is 89.1 Å². The number of nitrogens with zero attached hydrogens (tertiary/aromatic N) is 4. The zero-order valence-electron chi connectivity index (χ0n) is 47.6. The maximum Gasteiger partial charge on any atom is 0.410 e. The highest BCUT2D eigenvalue weighted by molar-refractivity contribution is 7.92. The topological polar surface area (TPSA) is 255 Å². The van der Waals surface area contributed by atoms with Crippen LogP contribution in [0.3, 0.4) is 0 Å². The molecule has 1 aliphatic rings. The minimum Gasteiger partial charge on any atom is -0.490 e. The van der Waals surface area contributed by atoms with Crippen molar-refractivity contribution in [2.75, 3.05) is 83.7 Å². The fourth-order valence-electron chi connectivity index (χ4n) is 8.31. The quantitative estimate of drug-likeness (QED) is 0.0415. The van der Waals surface area contributed by atoms with Crippen molar-refractivity contribution in [1.82, 2.24) is 30.4 Å². The first-order valence-electron chi connectivity index (χ1n) is 26.4. The van der Waals surface area contributed by atoms with E-state index in [1.165, 1.54) is 14.0 Å². The van der Waals surface area contributed by atoms with E-state index >= 15 is 0 Å². The number of rotatable bonds is 25. The highest BCUT2D eigenvalue weighted by Crippen LogP contribution is 2.38. The van der Waals surface area contributed by atoms with Crippen molar-refractivity contribution < 1.29 is 69.6 Å². The molecule has 21 nitrogen and oxygen atoms in total. The van der Waals surface area contributed by atoms with Gasteiger partial charge in [0, 0.05) is 48.7 Å². The largest absolute Gasteiger partial charge is 0.490 e. The second-order valence-corrected chi connectivity index (χ2v) is 25.9. The Balaban J connectivity index is 0.926. The Hall–Kier alpha value is -6.64. The van der Waals surface area contributed by atoms with Crippen molar-refractivity contribution in [2.24, 2.45) is 5.41 Å². The van der Waals surface area contributed by atoms with Gasteiger partial charge in [0.25, 0.3) is 0 Å². The number of fused-ring (bicyclic) bond motifs is 2. The summed E-state index contributed by atoms with van der Waals surface area (Å²) in [7, 11) is -2.48. The summed E-state index contributed by atoms with van der Waals surface area (Å²) in [5.74, 6) is -4.82. The average molecular weight is 1170 g/mol. The van der Waals surface area contributed by atoms with E-state index in [0.29, 0.717) is 16.6 Å². The number of halogens is 2. The van der Waals surface area contributed by atoms with Crippen molar-refractivity contribution in [3.8, 4) is 5.75 Å². The fourth-order valence-corrected chi connectivity index (χ4v) is 10.3. The summed E-state index contributed by atoms with van der Waals surface area (Å²) in [4.78, 5) is 78.9. The maximum absolute atomic E-state index is 14.7. The van der Waals surface area contributed by atoms with E-state index < -0.39 is 103 Å². The molecule has 3 aromatic carbocycles. The lowest BCUT2D eigenvalue weighted by atomic mass is 9.85. The molecular weight excluding hydrogens is 1090 g/mol. The minimum atomic E-state index is -3.86. The zero-order chi connectivity index (χ0) is 59.5. The fraction of sp³-hybridized carbons (Fsp3) is 0.518. The molecule has 4 atom stereocenters. The van der Waals surface area contributed by atoms with Gasteiger partial charge in [-0.05, 0) is 103 Å². The lowest BCUT2D eigenvalue weighted by molar-refractivity contribution is -0.143. The van der Waals surface area contributed by atoms with Gasteiger partial charge in [0.2, 0.25) is 23.6 Å². The Bertz CT molecular complexity index is 3120. The van der Waals surface area contributed by atoms with Crippen LogP contribution in [0, 0.1) is 17.0 Å². The number of nitrogens with one attached hydrogen (secondary N) is 4. The van der Waals surface area contributed by atoms with Crippen LogP contribution in [0.15, 0.2) is 71.2 Å². The number of likely N-dealkylation sites (N-methyl/N-ethyl adjacent to an activating group) is 1. The molecule has 2 aromatic heterocycles. The van der Waals surface area contributed by atoms with Crippen LogP contribution in [-0.2, 0) is 52.7 Å². The van der Waals surface area contributed by atoms with E-state index in [0.717, 1.165) is 43.9 Å². The third-order valence-corrected chi connectivity index (χ3v) is 16.2. The van der Waals surface area contributed by atoms with Crippen LogP contribution >= 0.6 is 11.3 Å². The summed E-state index contributed by atoms with van der Waals surface area (Å²) in [6, 6.07) is 9.39. The summed E-state index contributed by atoms with van der Waals surface area (Å²) in [6.07, 6.45) is 0.725. The van der Waals surface area contributed by atoms with Crippen LogP contribution in [0.4, 0.5) is 30.6 Å². The first-order chi connectivity index (χ1) is 38.0. The molecule has 5 aromatic rings. The summed E-state index contributed by atoms with van der Waals surface area (Å²) < 4.78 is 90.9. The third-order valence-electron chi connectivity index (χ3n) is 12.9. The molecule has 0 bridgehead atoms. The molecule has 4 N–H and O–H groups in total. The Morgan fingerprint density at radius 3 is 2.06 bits per heavy atom. The molecule has 3 heterocycles. The molecule has 1 aliphatic heterocycles. The van der Waals surface area contributed by atoms with Crippen LogP contribution in [0.2, 0.25) is 0 Å². The van der Waals surface area contributed by atoms with Gasteiger partial charge in [0.1, 0.15) is 64.9 Å². The van der Waals surface area contributed by atoms with E-state index in [1.807, 2.05) is 18.2 Å². The van der Waals surface area contributed by atoms with Gasteiger partial charge in [-0.2, -0.15) is 0 Å². The first kappa shape index (κ1) is 63.5. The number of anilines is 3. The predicted octanol–water partition coefficient (Wildman–Crippen LogP) is 7.39. The maximum atomic E-state index is 14.7. The van der Waals surface area contributed by atoms with Gasteiger partial charge >= 0.3 is 6.09 Å². The molecule has 5 amide bonds. The van der Waals surface area contributed by atoms with Crippen LogP contribution < -0.4 is 26.0 Å². The van der Waals surface area contributed by atoms with Gasteiger partial charge in [-0.15, -0.1) is 11.3 Å². The SMILES string of the molecule is C[C@@H](C(=O)N[C@H](C(=O)N1C[C@H](NC(=O)COCCOCCOCCOCCOc2cc3nccc(Nc4ccc5scnc5c4)c3cc2S(=O)(=O)C(C)(C)C)C[C@H]1C(=O)Nc1c(F)cccc1F)C(C)(C)C)N(C)C(=O)OC(C)(C)C. The molecule has 442 valence electrons. The number of pyridine rings is 1. The summed E-state index contributed by atoms with van der Waals surface area (Å²) in [5.41, 5.74) is 2.11.